The summed E-state index contributed by atoms with van der Waals surface area (Å²) in [6, 6.07) is 12.4. The van der Waals surface area contributed by atoms with E-state index in [0.29, 0.717) is 22.2 Å². The molecule has 0 bridgehead atoms. The minimum Gasteiger partial charge on any atom is -0.361 e. The fraction of sp³-hybridized carbons (Fsp3) is 0.278. The monoisotopic (exact) mass is 365 g/mol. The Morgan fingerprint density at radius 3 is 2.58 bits per heavy atom. The first-order valence-corrected chi connectivity index (χ1v) is 8.39. The average Bonchev–Trinajstić information content (AvgIpc) is 2.49. The second kappa shape index (κ2) is 8.42. The van der Waals surface area contributed by atoms with Gasteiger partial charge in [-0.1, -0.05) is 29.8 Å². The Labute approximate surface area is 152 Å². The fourth-order valence-corrected chi connectivity index (χ4v) is 2.95. The van der Waals surface area contributed by atoms with E-state index >= 15 is 0 Å². The van der Waals surface area contributed by atoms with Crippen molar-refractivity contribution in [3.63, 3.8) is 0 Å². The molecule has 6 heteroatoms. The zero-order chi connectivity index (χ0) is 17.7. The van der Waals surface area contributed by atoms with Crippen LogP contribution < -0.4 is 10.6 Å². The molecule has 3 nitrogen and oxygen atoms in total. The standard InChI is InChI=1S/C18H21ClFN3S/c1-12-6-4-7-13(10-12)22-18(24)21-11-16(23(2)3)17-14(19)8-5-9-15(17)20/h4-10,16H,11H2,1-3H3,(H2,21,22,24)/t16-/m0/s1. The number of halogens is 2. The average molecular weight is 366 g/mol. The van der Waals surface area contributed by atoms with Crippen LogP contribution in [-0.4, -0.2) is 30.7 Å². The number of thiocarbonyl (C=S) groups is 1. The lowest BCUT2D eigenvalue weighted by Gasteiger charge is -2.27. The van der Waals surface area contributed by atoms with Crippen LogP contribution in [0.25, 0.3) is 0 Å². The van der Waals surface area contributed by atoms with Crippen molar-refractivity contribution < 1.29 is 4.39 Å². The summed E-state index contributed by atoms with van der Waals surface area (Å²) in [5.41, 5.74) is 2.53. The Morgan fingerprint density at radius 1 is 1.25 bits per heavy atom. The number of hydrogen-bond donors (Lipinski definition) is 2. The molecule has 0 saturated heterocycles. The molecule has 0 aliphatic heterocycles. The van der Waals surface area contributed by atoms with Crippen LogP contribution in [0.2, 0.25) is 5.02 Å². The van der Waals surface area contributed by atoms with Crippen molar-refractivity contribution >= 4 is 34.6 Å². The Bertz CT molecular complexity index is 701. The molecule has 0 spiro atoms. The van der Waals surface area contributed by atoms with Gasteiger partial charge in [0.05, 0.1) is 6.04 Å². The number of hydrogen-bond acceptors (Lipinski definition) is 2. The summed E-state index contributed by atoms with van der Waals surface area (Å²) >= 11 is 11.5. The molecule has 128 valence electrons. The summed E-state index contributed by atoms with van der Waals surface area (Å²) in [7, 11) is 3.76. The first-order valence-electron chi connectivity index (χ1n) is 7.60. The lowest BCUT2D eigenvalue weighted by atomic mass is 10.1. The van der Waals surface area contributed by atoms with E-state index in [1.54, 1.807) is 12.1 Å². The van der Waals surface area contributed by atoms with Crippen LogP contribution in [0.15, 0.2) is 42.5 Å². The molecule has 0 aliphatic carbocycles. The van der Waals surface area contributed by atoms with Gasteiger partial charge in [-0.05, 0) is 63.1 Å². The number of likely N-dealkylation sites (N-methyl/N-ethyl adjacent to an activating group) is 1. The van der Waals surface area contributed by atoms with Crippen LogP contribution in [0.5, 0.6) is 0 Å². The predicted octanol–water partition coefficient (Wildman–Crippen LogP) is 4.38. The van der Waals surface area contributed by atoms with Gasteiger partial charge in [-0.2, -0.15) is 0 Å². The topological polar surface area (TPSA) is 27.3 Å². The van der Waals surface area contributed by atoms with E-state index in [2.05, 4.69) is 10.6 Å². The number of nitrogens with one attached hydrogen (secondary N) is 2. The van der Waals surface area contributed by atoms with Crippen molar-refractivity contribution in [3.05, 3.63) is 64.4 Å². The van der Waals surface area contributed by atoms with Gasteiger partial charge in [-0.15, -0.1) is 0 Å². The molecule has 24 heavy (non-hydrogen) atoms. The summed E-state index contributed by atoms with van der Waals surface area (Å²) in [5.74, 6) is -0.319. The molecule has 2 aromatic rings. The first-order chi connectivity index (χ1) is 11.4. The lowest BCUT2D eigenvalue weighted by molar-refractivity contribution is 0.292. The zero-order valence-corrected chi connectivity index (χ0v) is 15.5. The van der Waals surface area contributed by atoms with Crippen LogP contribution in [0, 0.1) is 12.7 Å². The molecule has 2 aromatic carbocycles. The van der Waals surface area contributed by atoms with Crippen molar-refractivity contribution in [3.8, 4) is 0 Å². The number of rotatable bonds is 5. The summed E-state index contributed by atoms with van der Waals surface area (Å²) in [5, 5.41) is 7.17. The van der Waals surface area contributed by atoms with Gasteiger partial charge in [-0.3, -0.25) is 0 Å². The smallest absolute Gasteiger partial charge is 0.170 e. The van der Waals surface area contributed by atoms with E-state index in [4.69, 9.17) is 23.8 Å². The van der Waals surface area contributed by atoms with E-state index in [1.165, 1.54) is 6.07 Å². The fourth-order valence-electron chi connectivity index (χ4n) is 2.46. The third-order valence-corrected chi connectivity index (χ3v) is 4.26. The molecular formula is C18H21ClFN3S. The second-order valence-electron chi connectivity index (χ2n) is 5.82. The van der Waals surface area contributed by atoms with Crippen molar-refractivity contribution in [1.82, 2.24) is 10.2 Å². The predicted molar refractivity (Wildman–Crippen MR) is 103 cm³/mol. The molecule has 0 amide bonds. The highest BCUT2D eigenvalue weighted by molar-refractivity contribution is 7.80. The SMILES string of the molecule is Cc1cccc(NC(=S)NC[C@@H](c2c(F)cccc2Cl)N(C)C)c1. The van der Waals surface area contributed by atoms with Crippen molar-refractivity contribution in [2.45, 2.75) is 13.0 Å². The van der Waals surface area contributed by atoms with Crippen molar-refractivity contribution in [2.24, 2.45) is 0 Å². The van der Waals surface area contributed by atoms with Gasteiger partial charge in [0, 0.05) is 22.8 Å². The van der Waals surface area contributed by atoms with E-state index in [0.717, 1.165) is 11.3 Å². The van der Waals surface area contributed by atoms with E-state index < -0.39 is 0 Å². The Balaban J connectivity index is 2.05. The number of anilines is 1. The van der Waals surface area contributed by atoms with E-state index in [1.807, 2.05) is 50.2 Å². The lowest BCUT2D eigenvalue weighted by Crippen LogP contribution is -2.37. The molecule has 0 saturated carbocycles. The maximum atomic E-state index is 14.2. The van der Waals surface area contributed by atoms with Crippen LogP contribution in [0.1, 0.15) is 17.2 Å². The minimum atomic E-state index is -0.319. The Morgan fingerprint density at radius 2 is 1.96 bits per heavy atom. The molecule has 0 aromatic heterocycles. The Kier molecular flexibility index (Phi) is 6.54. The molecule has 2 N–H and O–H groups in total. The molecule has 0 aliphatic rings. The number of aryl methyl sites for hydroxylation is 1. The van der Waals surface area contributed by atoms with Crippen LogP contribution in [0.3, 0.4) is 0 Å². The van der Waals surface area contributed by atoms with Gasteiger partial charge >= 0.3 is 0 Å². The normalized spacial score (nSPS) is 12.1. The molecule has 0 radical (unpaired) electrons. The third kappa shape index (κ3) is 4.90. The third-order valence-electron chi connectivity index (χ3n) is 3.69. The number of benzene rings is 2. The summed E-state index contributed by atoms with van der Waals surface area (Å²) < 4.78 is 14.2. The molecular weight excluding hydrogens is 345 g/mol. The maximum Gasteiger partial charge on any atom is 0.170 e. The largest absolute Gasteiger partial charge is 0.361 e. The quantitative estimate of drug-likeness (QED) is 0.769. The van der Waals surface area contributed by atoms with Crippen LogP contribution in [-0.2, 0) is 0 Å². The van der Waals surface area contributed by atoms with Crippen LogP contribution >= 0.6 is 23.8 Å². The Hall–Kier alpha value is -1.69. The van der Waals surface area contributed by atoms with Crippen molar-refractivity contribution in [2.75, 3.05) is 26.0 Å². The molecule has 0 fully saturated rings. The first kappa shape index (κ1) is 18.6. The van der Waals surface area contributed by atoms with Crippen LogP contribution in [0.4, 0.5) is 10.1 Å². The van der Waals surface area contributed by atoms with Gasteiger partial charge in [-0.25, -0.2) is 4.39 Å². The van der Waals surface area contributed by atoms with Gasteiger partial charge in [0.1, 0.15) is 5.82 Å². The molecule has 2 rings (SSSR count). The zero-order valence-electron chi connectivity index (χ0n) is 13.9. The summed E-state index contributed by atoms with van der Waals surface area (Å²) in [6.07, 6.45) is 0. The minimum absolute atomic E-state index is 0.240. The van der Waals surface area contributed by atoms with Crippen molar-refractivity contribution in [1.29, 1.82) is 0 Å². The second-order valence-corrected chi connectivity index (χ2v) is 6.63. The number of nitrogens with zero attached hydrogens (tertiary/aromatic N) is 1. The molecule has 0 unspecified atom stereocenters. The van der Waals surface area contributed by atoms with Gasteiger partial charge in [0.25, 0.3) is 0 Å². The van der Waals surface area contributed by atoms with E-state index in [9.17, 15) is 4.39 Å². The van der Waals surface area contributed by atoms with E-state index in [-0.39, 0.29) is 11.9 Å². The highest BCUT2D eigenvalue weighted by Crippen LogP contribution is 2.28. The van der Waals surface area contributed by atoms with Gasteiger partial charge in [0.15, 0.2) is 5.11 Å². The summed E-state index contributed by atoms with van der Waals surface area (Å²) in [6.45, 7) is 2.45. The van der Waals surface area contributed by atoms with Gasteiger partial charge < -0.3 is 15.5 Å². The molecule has 0 heterocycles. The maximum absolute atomic E-state index is 14.2. The van der Waals surface area contributed by atoms with Gasteiger partial charge in [0.2, 0.25) is 0 Å². The highest BCUT2D eigenvalue weighted by Gasteiger charge is 2.21. The molecule has 1 atom stereocenters. The highest BCUT2D eigenvalue weighted by atomic mass is 35.5. The summed E-state index contributed by atoms with van der Waals surface area (Å²) in [4.78, 5) is 1.91.